The molecule has 0 aliphatic carbocycles. The van der Waals surface area contributed by atoms with Gasteiger partial charge in [0.05, 0.1) is 23.5 Å². The second-order valence-corrected chi connectivity index (χ2v) is 5.91. The van der Waals surface area contributed by atoms with Crippen LogP contribution in [-0.2, 0) is 5.54 Å². The fourth-order valence-corrected chi connectivity index (χ4v) is 3.34. The highest BCUT2D eigenvalue weighted by Gasteiger charge is 2.40. The van der Waals surface area contributed by atoms with Gasteiger partial charge in [-0.25, -0.2) is 4.79 Å². The Labute approximate surface area is 137 Å². The van der Waals surface area contributed by atoms with E-state index in [1.807, 2.05) is 0 Å². The zero-order chi connectivity index (χ0) is 17.3. The molecule has 0 radical (unpaired) electrons. The highest BCUT2D eigenvalue weighted by Crippen LogP contribution is 2.36. The van der Waals surface area contributed by atoms with E-state index in [1.165, 1.54) is 4.90 Å². The van der Waals surface area contributed by atoms with E-state index in [2.05, 4.69) is 21.5 Å². The van der Waals surface area contributed by atoms with Gasteiger partial charge in [-0.05, 0) is 18.9 Å². The molecule has 0 unspecified atom stereocenters. The molecule has 3 heterocycles. The predicted molar refractivity (Wildman–Crippen MR) is 86.9 cm³/mol. The van der Waals surface area contributed by atoms with Crippen molar-refractivity contribution < 1.29 is 9.90 Å². The molecular formula is C15H18N6O3. The SMILES string of the molecule is CNc1nn(C2(CC#N)CCN(C(=O)O)CC2)c2cc[nH]c(=O)c12. The topological polar surface area (TPSA) is 127 Å². The summed E-state index contributed by atoms with van der Waals surface area (Å²) in [6.07, 6.45) is 1.74. The highest BCUT2D eigenvalue weighted by atomic mass is 16.4. The molecule has 0 atom stereocenters. The molecule has 0 saturated carbocycles. The number of aromatic amines is 1. The maximum absolute atomic E-state index is 12.2. The number of likely N-dealkylation sites (tertiary alicyclic amines) is 1. The first-order chi connectivity index (χ1) is 11.5. The molecule has 1 aliphatic heterocycles. The number of nitrogens with one attached hydrogen (secondary N) is 2. The molecule has 1 saturated heterocycles. The Balaban J connectivity index is 2.13. The quantitative estimate of drug-likeness (QED) is 0.774. The molecule has 0 aromatic carbocycles. The van der Waals surface area contributed by atoms with Gasteiger partial charge in [-0.15, -0.1) is 0 Å². The van der Waals surface area contributed by atoms with Crippen LogP contribution in [0.1, 0.15) is 19.3 Å². The summed E-state index contributed by atoms with van der Waals surface area (Å²) < 4.78 is 1.73. The normalized spacial score (nSPS) is 16.8. The molecule has 9 nitrogen and oxygen atoms in total. The van der Waals surface area contributed by atoms with Gasteiger partial charge in [0.25, 0.3) is 5.56 Å². The van der Waals surface area contributed by atoms with Crippen molar-refractivity contribution in [2.45, 2.75) is 24.8 Å². The van der Waals surface area contributed by atoms with Crippen molar-refractivity contribution in [3.05, 3.63) is 22.6 Å². The van der Waals surface area contributed by atoms with Crippen molar-refractivity contribution in [1.29, 1.82) is 5.26 Å². The number of nitriles is 1. The minimum absolute atomic E-state index is 0.202. The summed E-state index contributed by atoms with van der Waals surface area (Å²) >= 11 is 0. The van der Waals surface area contributed by atoms with Crippen LogP contribution in [0, 0.1) is 11.3 Å². The molecule has 3 N–H and O–H groups in total. The Kier molecular flexibility index (Phi) is 3.89. The van der Waals surface area contributed by atoms with Crippen LogP contribution >= 0.6 is 0 Å². The van der Waals surface area contributed by atoms with E-state index in [9.17, 15) is 14.9 Å². The summed E-state index contributed by atoms with van der Waals surface area (Å²) in [4.78, 5) is 27.3. The summed E-state index contributed by atoms with van der Waals surface area (Å²) in [6, 6.07) is 3.95. The van der Waals surface area contributed by atoms with Crippen molar-refractivity contribution in [2.24, 2.45) is 0 Å². The van der Waals surface area contributed by atoms with E-state index in [-0.39, 0.29) is 12.0 Å². The minimum atomic E-state index is -0.960. The average molecular weight is 330 g/mol. The van der Waals surface area contributed by atoms with E-state index in [1.54, 1.807) is 24.0 Å². The summed E-state index contributed by atoms with van der Waals surface area (Å²) in [7, 11) is 1.68. The standard InChI is InChI=1S/C15H18N6O3/c1-17-12-11-10(2-7-18-13(11)22)21(19-12)15(3-6-16)4-8-20(9-5-15)14(23)24/h2,7H,3-5,8-9H2,1H3,(H,17,19)(H,18,22)(H,23,24). The van der Waals surface area contributed by atoms with Gasteiger partial charge in [-0.1, -0.05) is 0 Å². The molecule has 0 bridgehead atoms. The minimum Gasteiger partial charge on any atom is -0.465 e. The molecular weight excluding hydrogens is 312 g/mol. The van der Waals surface area contributed by atoms with E-state index >= 15 is 0 Å². The summed E-state index contributed by atoms with van der Waals surface area (Å²) in [6.45, 7) is 0.660. The third kappa shape index (κ3) is 2.36. The fourth-order valence-electron chi connectivity index (χ4n) is 3.34. The number of fused-ring (bicyclic) bond motifs is 1. The molecule has 1 amide bonds. The monoisotopic (exact) mass is 330 g/mol. The van der Waals surface area contributed by atoms with E-state index in [0.29, 0.717) is 42.7 Å². The van der Waals surface area contributed by atoms with Gasteiger partial charge in [0, 0.05) is 26.3 Å². The number of hydrogen-bond acceptors (Lipinski definition) is 5. The highest BCUT2D eigenvalue weighted by molar-refractivity contribution is 5.89. The Hall–Kier alpha value is -3.02. The number of rotatable bonds is 3. The average Bonchev–Trinajstić information content (AvgIpc) is 2.96. The Morgan fingerprint density at radius 2 is 2.25 bits per heavy atom. The Morgan fingerprint density at radius 3 is 2.83 bits per heavy atom. The van der Waals surface area contributed by atoms with E-state index in [4.69, 9.17) is 5.11 Å². The number of H-pyrrole nitrogens is 1. The maximum atomic E-state index is 12.2. The van der Waals surface area contributed by atoms with Gasteiger partial charge in [-0.3, -0.25) is 9.48 Å². The number of pyridine rings is 1. The van der Waals surface area contributed by atoms with Crippen molar-refractivity contribution in [3.63, 3.8) is 0 Å². The molecule has 126 valence electrons. The maximum Gasteiger partial charge on any atom is 0.407 e. The number of anilines is 1. The third-order valence-electron chi connectivity index (χ3n) is 4.66. The number of aromatic nitrogens is 3. The van der Waals surface area contributed by atoms with Crippen molar-refractivity contribution in [1.82, 2.24) is 19.7 Å². The number of nitrogens with zero attached hydrogens (tertiary/aromatic N) is 4. The first-order valence-corrected chi connectivity index (χ1v) is 7.66. The van der Waals surface area contributed by atoms with Crippen LogP contribution in [0.5, 0.6) is 0 Å². The predicted octanol–water partition coefficient (Wildman–Crippen LogP) is 1.15. The largest absolute Gasteiger partial charge is 0.465 e. The second kappa shape index (κ2) is 5.88. The van der Waals surface area contributed by atoms with Crippen molar-refractivity contribution in [3.8, 4) is 6.07 Å². The zero-order valence-electron chi connectivity index (χ0n) is 13.2. The van der Waals surface area contributed by atoms with Gasteiger partial charge in [0.2, 0.25) is 0 Å². The number of carboxylic acid groups (broad SMARTS) is 1. The van der Waals surface area contributed by atoms with Crippen LogP contribution < -0.4 is 10.9 Å². The number of hydrogen-bond donors (Lipinski definition) is 3. The summed E-state index contributed by atoms with van der Waals surface area (Å²) in [5.74, 6) is 0.449. The molecule has 1 fully saturated rings. The second-order valence-electron chi connectivity index (χ2n) is 5.91. The third-order valence-corrected chi connectivity index (χ3v) is 4.66. The van der Waals surface area contributed by atoms with Crippen LogP contribution in [0.2, 0.25) is 0 Å². The van der Waals surface area contributed by atoms with Gasteiger partial charge in [-0.2, -0.15) is 10.4 Å². The van der Waals surface area contributed by atoms with Gasteiger partial charge < -0.3 is 20.3 Å². The zero-order valence-corrected chi connectivity index (χ0v) is 13.2. The molecule has 1 aliphatic rings. The summed E-state index contributed by atoms with van der Waals surface area (Å²) in [5.41, 5.74) is -0.234. The Morgan fingerprint density at radius 1 is 1.54 bits per heavy atom. The van der Waals surface area contributed by atoms with Crippen LogP contribution in [-0.4, -0.2) is 51.0 Å². The molecule has 0 spiro atoms. The van der Waals surface area contributed by atoms with Crippen LogP contribution in [0.15, 0.2) is 17.1 Å². The first kappa shape index (κ1) is 15.9. The number of piperidine rings is 1. The van der Waals surface area contributed by atoms with Gasteiger partial charge >= 0.3 is 6.09 Å². The van der Waals surface area contributed by atoms with E-state index < -0.39 is 11.6 Å². The lowest BCUT2D eigenvalue weighted by Crippen LogP contribution is -2.48. The number of amides is 1. The van der Waals surface area contributed by atoms with Crippen molar-refractivity contribution in [2.75, 3.05) is 25.5 Å². The number of carbonyl (C=O) groups is 1. The lowest BCUT2D eigenvalue weighted by Gasteiger charge is -2.40. The van der Waals surface area contributed by atoms with Crippen LogP contribution in [0.4, 0.5) is 10.6 Å². The molecule has 2 aromatic heterocycles. The van der Waals surface area contributed by atoms with Crippen LogP contribution in [0.3, 0.4) is 0 Å². The van der Waals surface area contributed by atoms with Crippen molar-refractivity contribution >= 4 is 22.8 Å². The molecule has 3 rings (SSSR count). The lowest BCUT2D eigenvalue weighted by molar-refractivity contribution is 0.0912. The Bertz CT molecular complexity index is 869. The molecule has 2 aromatic rings. The molecule has 24 heavy (non-hydrogen) atoms. The lowest BCUT2D eigenvalue weighted by atomic mass is 9.85. The molecule has 9 heteroatoms. The first-order valence-electron chi connectivity index (χ1n) is 7.66. The van der Waals surface area contributed by atoms with Gasteiger partial charge in [0.1, 0.15) is 5.39 Å². The fraction of sp³-hybridized carbons (Fsp3) is 0.467. The van der Waals surface area contributed by atoms with Gasteiger partial charge in [0.15, 0.2) is 5.82 Å². The smallest absolute Gasteiger partial charge is 0.407 e. The van der Waals surface area contributed by atoms with E-state index in [0.717, 1.165) is 0 Å². The summed E-state index contributed by atoms with van der Waals surface area (Å²) in [5, 5.41) is 26.3. The van der Waals surface area contributed by atoms with Crippen LogP contribution in [0.25, 0.3) is 10.9 Å².